The number of hydrogen-bond donors (Lipinski definition) is 0. The standard InChI is InChI=1S/C15H26O.C15H24O.C14H24O.C14H22O.C14H20O.C13H22O.C13H20O.C13H18O.C12H16O/c2*1-9(2)10(3)16-15-8-11-7-14(15)13-6-4-5-12(11)13;2*1-3-9(2)15-14-8-10-7-13(14)12-6-4-5-11(10)12;1-10(2)11(3)15-14-8-12-6-4-5-7-13(12)9-14;2*1-8(2)14-13-7-9-6-12(13)11-5-3-4-10(9)11;1-3-10(2)14-13-8-11-6-4-5-7-12(11)9-13;1-9(2)13-12-7-10-5-3-4-6-11(10)8-12/h9-15H,4-8H2,1-3H3;4,6,9-15H,5,7-8H2,1-3H3;9-14H,3-8H2,1-2H3;4,6,9-14H,3,5,7-8H2,1-2H3;4-7,10-11,14H,8-9H2,1-3H3;8-13H,3-7H2,1-2H3;3,5,8-13H,4,6-7H2,1-2H3;4-7,10,13H,3,8-9H2,1-2H3;3-6,9,12H,7-8H2,1-2H3. The first kappa shape index (κ1) is 101. The number of allylic oxidation sites excluding steroid dienone is 6. The minimum Gasteiger partial charge on any atom is -0.375 e. The largest absolute Gasteiger partial charge is 0.375 e. The summed E-state index contributed by atoms with van der Waals surface area (Å²) in [5.41, 5.74) is 8.82. The molecular formula is C123H192O9. The molecule has 15 fully saturated rings. The molecule has 9 nitrogen and oxygen atoms in total. The Bertz CT molecular complexity index is 4010. The summed E-state index contributed by atoms with van der Waals surface area (Å²) in [5.74, 6) is 25.3. The lowest BCUT2D eigenvalue weighted by atomic mass is 9.80. The van der Waals surface area contributed by atoms with E-state index in [1.807, 2.05) is 0 Å². The lowest BCUT2D eigenvalue weighted by molar-refractivity contribution is -0.0669. The Morgan fingerprint density at radius 1 is 0.235 bits per heavy atom. The van der Waals surface area contributed by atoms with Crippen molar-refractivity contribution in [2.45, 2.75) is 467 Å². The molecule has 21 aliphatic carbocycles. The van der Waals surface area contributed by atoms with Crippen molar-refractivity contribution in [3.05, 3.63) is 143 Å². The maximum atomic E-state index is 6.31. The summed E-state index contributed by atoms with van der Waals surface area (Å²) in [6.45, 7) is 46.3. The molecule has 36 atom stereocenters. The molecule has 0 radical (unpaired) electrons. The van der Waals surface area contributed by atoms with E-state index in [-0.39, 0.29) is 0 Å². The molecule has 3 aromatic carbocycles. The van der Waals surface area contributed by atoms with Crippen LogP contribution in [0.25, 0.3) is 0 Å². The van der Waals surface area contributed by atoms with E-state index < -0.39 is 0 Å². The van der Waals surface area contributed by atoms with E-state index in [1.165, 1.54) is 194 Å². The van der Waals surface area contributed by atoms with Gasteiger partial charge in [0.1, 0.15) is 0 Å². The highest BCUT2D eigenvalue weighted by Crippen LogP contribution is 2.64. The number of rotatable bonds is 24. The summed E-state index contributed by atoms with van der Waals surface area (Å²) in [7, 11) is 0. The molecule has 132 heavy (non-hydrogen) atoms. The van der Waals surface area contributed by atoms with E-state index in [0.29, 0.717) is 128 Å². The van der Waals surface area contributed by atoms with E-state index in [0.717, 1.165) is 193 Å². The van der Waals surface area contributed by atoms with Gasteiger partial charge in [-0.2, -0.15) is 0 Å². The summed E-state index contributed by atoms with van der Waals surface area (Å²) in [4.78, 5) is 0. The summed E-state index contributed by atoms with van der Waals surface area (Å²) >= 11 is 0. The maximum Gasteiger partial charge on any atom is 0.0659 e. The fourth-order valence-corrected chi connectivity index (χ4v) is 31.9. The zero-order chi connectivity index (χ0) is 92.9. The SMILES string of the molecule is CC(C)C(C)OC1CC2CC1C1C=CCC21.CC(C)C(C)OC1CC2CC1C1CCCC21.CC(C)C(C)OC1Cc2ccccc2C1.CC(C)OC1CC2CC1C1C=CCC21.CC(C)OC1CC2CC1C1CCCC21.CC(C)OC1Cc2ccccc2C1.CCC(C)OC1CC2CC1C1C=CCC21.CCC(C)OC1CC2CC1C1CCCC21.CCC(C)OC1Cc2ccccc2C1. The molecule has 0 spiro atoms. The van der Waals surface area contributed by atoms with Gasteiger partial charge in [-0.25, -0.2) is 0 Å². The van der Waals surface area contributed by atoms with Gasteiger partial charge in [-0.3, -0.25) is 0 Å². The third-order valence-electron chi connectivity index (χ3n) is 39.3. The smallest absolute Gasteiger partial charge is 0.0659 e. The molecule has 15 saturated carbocycles. The molecule has 24 rings (SSSR count). The van der Waals surface area contributed by atoms with Gasteiger partial charge in [0.25, 0.3) is 0 Å². The topological polar surface area (TPSA) is 83.1 Å². The maximum absolute atomic E-state index is 6.31. The highest BCUT2D eigenvalue weighted by atomic mass is 16.5. The Kier molecular flexibility index (Phi) is 35.7. The van der Waals surface area contributed by atoms with Gasteiger partial charge >= 0.3 is 0 Å². The predicted molar refractivity (Wildman–Crippen MR) is 545 cm³/mol. The molecule has 0 heterocycles. The molecule has 738 valence electrons. The molecule has 0 aliphatic heterocycles. The van der Waals surface area contributed by atoms with Gasteiger partial charge < -0.3 is 42.6 Å². The van der Waals surface area contributed by atoms with Crippen molar-refractivity contribution in [3.63, 3.8) is 0 Å². The van der Waals surface area contributed by atoms with Crippen LogP contribution in [0.5, 0.6) is 0 Å². The van der Waals surface area contributed by atoms with E-state index in [4.69, 9.17) is 42.6 Å². The number of fused-ring (bicyclic) bond motifs is 33. The normalized spacial score (nSPS) is 38.8. The van der Waals surface area contributed by atoms with Crippen LogP contribution >= 0.6 is 0 Å². The second-order valence-electron chi connectivity index (χ2n) is 49.4. The van der Waals surface area contributed by atoms with Gasteiger partial charge in [0.15, 0.2) is 0 Å². The molecule has 0 amide bonds. The fraction of sp³-hybridized carbons (Fsp3) is 0.805. The quantitative estimate of drug-likeness (QED) is 0.0815. The van der Waals surface area contributed by atoms with Crippen molar-refractivity contribution in [3.8, 4) is 0 Å². The van der Waals surface area contributed by atoms with E-state index >= 15 is 0 Å². The van der Waals surface area contributed by atoms with E-state index in [1.54, 1.807) is 0 Å². The third-order valence-corrected chi connectivity index (χ3v) is 39.3. The van der Waals surface area contributed by atoms with Crippen LogP contribution in [-0.2, 0) is 81.2 Å². The van der Waals surface area contributed by atoms with Gasteiger partial charge in [-0.05, 0) is 469 Å². The van der Waals surface area contributed by atoms with Crippen LogP contribution in [0.3, 0.4) is 0 Å². The predicted octanol–water partition coefficient (Wildman–Crippen LogP) is 29.6. The molecule has 0 aromatic heterocycles. The average Bonchev–Trinajstić information content (AvgIpc) is 1.62. The van der Waals surface area contributed by atoms with Crippen LogP contribution in [0.4, 0.5) is 0 Å². The first-order chi connectivity index (χ1) is 63.6. The first-order valence-electron chi connectivity index (χ1n) is 56.7. The highest BCUT2D eigenvalue weighted by molar-refractivity contribution is 5.35. The summed E-state index contributed by atoms with van der Waals surface area (Å²) < 4.78 is 54.8. The average molecular weight is 1810 g/mol. The Morgan fingerprint density at radius 2 is 0.470 bits per heavy atom. The first-order valence-corrected chi connectivity index (χ1v) is 56.7. The zero-order valence-corrected chi connectivity index (χ0v) is 87.4. The Hall–Kier alpha value is -3.48. The number of benzene rings is 3. The summed E-state index contributed by atoms with van der Waals surface area (Å²) in [5, 5.41) is 0. The number of hydrogen-bond acceptors (Lipinski definition) is 9. The Labute approximate surface area is 807 Å². The lowest BCUT2D eigenvalue weighted by Gasteiger charge is -2.34. The Morgan fingerprint density at radius 3 is 0.773 bits per heavy atom. The minimum absolute atomic E-state index is 0.347. The van der Waals surface area contributed by atoms with Gasteiger partial charge in [-0.1, -0.05) is 191 Å². The molecule has 0 N–H and O–H groups in total. The fourth-order valence-electron chi connectivity index (χ4n) is 31.9. The van der Waals surface area contributed by atoms with Gasteiger partial charge in [0.2, 0.25) is 0 Å². The Balaban J connectivity index is 0.000000108. The molecule has 12 bridgehead atoms. The summed E-state index contributed by atoms with van der Waals surface area (Å²) in [6.07, 6.45) is 67.8. The van der Waals surface area contributed by atoms with Crippen LogP contribution in [-0.4, -0.2) is 110 Å². The van der Waals surface area contributed by atoms with E-state index in [2.05, 4.69) is 255 Å². The van der Waals surface area contributed by atoms with Crippen molar-refractivity contribution < 1.29 is 42.6 Å². The van der Waals surface area contributed by atoms with Gasteiger partial charge in [-0.15, -0.1) is 0 Å². The molecule has 36 unspecified atom stereocenters. The monoisotopic (exact) mass is 1810 g/mol. The van der Waals surface area contributed by atoms with Crippen molar-refractivity contribution >= 4 is 0 Å². The second kappa shape index (κ2) is 46.5. The van der Waals surface area contributed by atoms with Crippen molar-refractivity contribution in [2.75, 3.05) is 0 Å². The van der Waals surface area contributed by atoms with Crippen LogP contribution in [0.1, 0.15) is 352 Å². The molecule has 9 heteroatoms. The highest BCUT2D eigenvalue weighted by Gasteiger charge is 2.60. The van der Waals surface area contributed by atoms with Crippen LogP contribution in [0, 0.1) is 160 Å². The molecule has 3 aromatic rings. The minimum atomic E-state index is 0.347. The van der Waals surface area contributed by atoms with Crippen molar-refractivity contribution in [1.29, 1.82) is 0 Å². The van der Waals surface area contributed by atoms with Crippen molar-refractivity contribution in [2.24, 2.45) is 160 Å². The van der Waals surface area contributed by atoms with E-state index in [9.17, 15) is 0 Å². The van der Waals surface area contributed by atoms with Crippen LogP contribution < -0.4 is 0 Å². The zero-order valence-electron chi connectivity index (χ0n) is 87.4. The summed E-state index contributed by atoms with van der Waals surface area (Å²) in [6, 6.07) is 26.0. The lowest BCUT2D eigenvalue weighted by Crippen LogP contribution is -2.34. The van der Waals surface area contributed by atoms with Crippen LogP contribution in [0.2, 0.25) is 0 Å². The van der Waals surface area contributed by atoms with Gasteiger partial charge in [0.05, 0.1) is 110 Å². The molecular weight excluding hydrogens is 1620 g/mol. The van der Waals surface area contributed by atoms with Gasteiger partial charge in [0, 0.05) is 0 Å². The number of ether oxygens (including phenoxy) is 9. The van der Waals surface area contributed by atoms with Crippen molar-refractivity contribution in [1.82, 2.24) is 0 Å². The molecule has 0 saturated heterocycles. The third kappa shape index (κ3) is 24.1. The molecule has 21 aliphatic rings. The second-order valence-corrected chi connectivity index (χ2v) is 49.4. The van der Waals surface area contributed by atoms with Crippen LogP contribution in [0.15, 0.2) is 109 Å².